The molecule has 1 fully saturated rings. The van der Waals surface area contributed by atoms with Crippen molar-refractivity contribution in [3.05, 3.63) is 34.3 Å². The molecule has 0 aliphatic carbocycles. The fourth-order valence-corrected chi connectivity index (χ4v) is 2.83. The van der Waals surface area contributed by atoms with E-state index in [-0.39, 0.29) is 0 Å². The maximum atomic E-state index is 3.55. The Bertz CT molecular complexity index is 334. The summed E-state index contributed by atoms with van der Waals surface area (Å²) in [6, 6.07) is 9.27. The van der Waals surface area contributed by atoms with Gasteiger partial charge in [-0.25, -0.2) is 0 Å². The van der Waals surface area contributed by atoms with Crippen molar-refractivity contribution in [2.75, 3.05) is 26.2 Å². The van der Waals surface area contributed by atoms with Crippen molar-refractivity contribution in [3.63, 3.8) is 0 Å². The molecule has 0 saturated carbocycles. The number of piperazine rings is 1. The lowest BCUT2D eigenvalue weighted by atomic mass is 10.0. The Labute approximate surface area is 106 Å². The SMILES string of the molecule is CC[C@H](c1cccc(Br)c1)N1CCNCC1. The Hall–Kier alpha value is -0.380. The second kappa shape index (κ2) is 5.80. The molecule has 1 N–H and O–H groups in total. The van der Waals surface area contributed by atoms with Crippen LogP contribution in [-0.4, -0.2) is 31.1 Å². The number of hydrogen-bond acceptors (Lipinski definition) is 2. The predicted molar refractivity (Wildman–Crippen MR) is 71.6 cm³/mol. The largest absolute Gasteiger partial charge is 0.314 e. The molecule has 1 aromatic rings. The minimum atomic E-state index is 0.569. The van der Waals surface area contributed by atoms with Crippen LogP contribution >= 0.6 is 15.9 Å². The van der Waals surface area contributed by atoms with E-state index < -0.39 is 0 Å². The van der Waals surface area contributed by atoms with Gasteiger partial charge in [-0.15, -0.1) is 0 Å². The van der Waals surface area contributed by atoms with Crippen LogP contribution in [0.2, 0.25) is 0 Å². The van der Waals surface area contributed by atoms with E-state index in [2.05, 4.69) is 57.3 Å². The smallest absolute Gasteiger partial charge is 0.0346 e. The Kier molecular flexibility index (Phi) is 4.38. The van der Waals surface area contributed by atoms with E-state index in [1.54, 1.807) is 0 Å². The van der Waals surface area contributed by atoms with E-state index in [4.69, 9.17) is 0 Å². The standard InChI is InChI=1S/C13H19BrN2/c1-2-13(16-8-6-15-7-9-16)11-4-3-5-12(14)10-11/h3-5,10,13,15H,2,6-9H2,1H3/t13-/m1/s1. The Balaban J connectivity index is 2.14. The van der Waals surface area contributed by atoms with Crippen molar-refractivity contribution in [1.82, 2.24) is 10.2 Å². The van der Waals surface area contributed by atoms with Crippen LogP contribution in [0.1, 0.15) is 24.9 Å². The molecular weight excluding hydrogens is 264 g/mol. The molecule has 3 heteroatoms. The molecule has 0 radical (unpaired) electrons. The third-order valence-electron chi connectivity index (χ3n) is 3.21. The highest BCUT2D eigenvalue weighted by atomic mass is 79.9. The summed E-state index contributed by atoms with van der Waals surface area (Å²) >= 11 is 3.55. The van der Waals surface area contributed by atoms with Crippen LogP contribution < -0.4 is 5.32 Å². The van der Waals surface area contributed by atoms with Crippen LogP contribution in [0.15, 0.2) is 28.7 Å². The maximum Gasteiger partial charge on any atom is 0.0346 e. The van der Waals surface area contributed by atoms with Crippen molar-refractivity contribution in [1.29, 1.82) is 0 Å². The van der Waals surface area contributed by atoms with Gasteiger partial charge in [0.1, 0.15) is 0 Å². The molecule has 2 nitrogen and oxygen atoms in total. The summed E-state index contributed by atoms with van der Waals surface area (Å²) in [6.45, 7) is 6.82. The number of benzene rings is 1. The van der Waals surface area contributed by atoms with Crippen molar-refractivity contribution in [2.24, 2.45) is 0 Å². The number of hydrogen-bond donors (Lipinski definition) is 1. The number of halogens is 1. The van der Waals surface area contributed by atoms with E-state index in [9.17, 15) is 0 Å². The summed E-state index contributed by atoms with van der Waals surface area (Å²) in [5.74, 6) is 0. The van der Waals surface area contributed by atoms with E-state index in [1.165, 1.54) is 16.5 Å². The third-order valence-corrected chi connectivity index (χ3v) is 3.71. The summed E-state index contributed by atoms with van der Waals surface area (Å²) < 4.78 is 1.18. The normalized spacial score (nSPS) is 19.6. The van der Waals surface area contributed by atoms with Gasteiger partial charge in [-0.05, 0) is 24.1 Å². The van der Waals surface area contributed by atoms with Gasteiger partial charge in [-0.3, -0.25) is 4.90 Å². The van der Waals surface area contributed by atoms with Gasteiger partial charge < -0.3 is 5.32 Å². The van der Waals surface area contributed by atoms with E-state index >= 15 is 0 Å². The van der Waals surface area contributed by atoms with Crippen LogP contribution in [0.3, 0.4) is 0 Å². The van der Waals surface area contributed by atoms with Crippen LogP contribution in [-0.2, 0) is 0 Å². The van der Waals surface area contributed by atoms with Gasteiger partial charge in [0.15, 0.2) is 0 Å². The van der Waals surface area contributed by atoms with Crippen molar-refractivity contribution < 1.29 is 0 Å². The first-order valence-electron chi connectivity index (χ1n) is 6.01. The molecule has 1 atom stereocenters. The molecular formula is C13H19BrN2. The second-order valence-electron chi connectivity index (χ2n) is 4.27. The Morgan fingerprint density at radius 2 is 2.12 bits per heavy atom. The molecule has 1 saturated heterocycles. The van der Waals surface area contributed by atoms with Gasteiger partial charge in [-0.1, -0.05) is 35.0 Å². The molecule has 16 heavy (non-hydrogen) atoms. The number of nitrogens with zero attached hydrogens (tertiary/aromatic N) is 1. The Morgan fingerprint density at radius 1 is 1.38 bits per heavy atom. The van der Waals surface area contributed by atoms with Crippen LogP contribution in [0.5, 0.6) is 0 Å². The highest BCUT2D eigenvalue weighted by Gasteiger charge is 2.20. The number of nitrogens with one attached hydrogen (secondary N) is 1. The second-order valence-corrected chi connectivity index (χ2v) is 5.18. The molecule has 0 amide bonds. The van der Waals surface area contributed by atoms with Gasteiger partial charge >= 0.3 is 0 Å². The summed E-state index contributed by atoms with van der Waals surface area (Å²) in [5, 5.41) is 3.41. The minimum absolute atomic E-state index is 0.569. The van der Waals surface area contributed by atoms with Crippen LogP contribution in [0, 0.1) is 0 Å². The predicted octanol–water partition coefficient (Wildman–Crippen LogP) is 2.81. The van der Waals surface area contributed by atoms with Gasteiger partial charge in [0.25, 0.3) is 0 Å². The number of rotatable bonds is 3. The van der Waals surface area contributed by atoms with Gasteiger partial charge in [0.2, 0.25) is 0 Å². The summed E-state index contributed by atoms with van der Waals surface area (Å²) in [4.78, 5) is 2.58. The van der Waals surface area contributed by atoms with Gasteiger partial charge in [0, 0.05) is 36.7 Å². The van der Waals surface area contributed by atoms with Crippen LogP contribution in [0.4, 0.5) is 0 Å². The van der Waals surface area contributed by atoms with Gasteiger partial charge in [0.05, 0.1) is 0 Å². The van der Waals surface area contributed by atoms with Crippen molar-refractivity contribution in [2.45, 2.75) is 19.4 Å². The lowest BCUT2D eigenvalue weighted by Gasteiger charge is -2.34. The molecule has 1 aliphatic heterocycles. The van der Waals surface area contributed by atoms with Gasteiger partial charge in [-0.2, -0.15) is 0 Å². The summed E-state index contributed by atoms with van der Waals surface area (Å²) in [6.07, 6.45) is 1.18. The average molecular weight is 283 g/mol. The molecule has 1 aliphatic rings. The maximum absolute atomic E-state index is 3.55. The first-order valence-corrected chi connectivity index (χ1v) is 6.81. The lowest BCUT2D eigenvalue weighted by Crippen LogP contribution is -2.45. The zero-order valence-corrected chi connectivity index (χ0v) is 11.3. The molecule has 0 unspecified atom stereocenters. The fourth-order valence-electron chi connectivity index (χ4n) is 2.41. The zero-order chi connectivity index (χ0) is 11.4. The van der Waals surface area contributed by atoms with Crippen molar-refractivity contribution >= 4 is 15.9 Å². The molecule has 2 rings (SSSR count). The minimum Gasteiger partial charge on any atom is -0.314 e. The highest BCUT2D eigenvalue weighted by molar-refractivity contribution is 9.10. The molecule has 0 spiro atoms. The van der Waals surface area contributed by atoms with Crippen LogP contribution in [0.25, 0.3) is 0 Å². The highest BCUT2D eigenvalue weighted by Crippen LogP contribution is 2.26. The van der Waals surface area contributed by atoms with E-state index in [0.717, 1.165) is 26.2 Å². The fraction of sp³-hybridized carbons (Fsp3) is 0.538. The average Bonchev–Trinajstić information content (AvgIpc) is 2.31. The third kappa shape index (κ3) is 2.84. The molecule has 88 valence electrons. The molecule has 1 heterocycles. The first kappa shape index (κ1) is 12.1. The van der Waals surface area contributed by atoms with E-state index in [0.29, 0.717) is 6.04 Å². The lowest BCUT2D eigenvalue weighted by molar-refractivity contribution is 0.169. The molecule has 0 bridgehead atoms. The molecule has 1 aromatic carbocycles. The topological polar surface area (TPSA) is 15.3 Å². The first-order chi connectivity index (χ1) is 7.81. The quantitative estimate of drug-likeness (QED) is 0.917. The summed E-state index contributed by atoms with van der Waals surface area (Å²) in [7, 11) is 0. The molecule has 0 aromatic heterocycles. The zero-order valence-electron chi connectivity index (χ0n) is 9.75. The van der Waals surface area contributed by atoms with Crippen molar-refractivity contribution in [3.8, 4) is 0 Å². The van der Waals surface area contributed by atoms with E-state index in [1.807, 2.05) is 0 Å². The monoisotopic (exact) mass is 282 g/mol. The summed E-state index contributed by atoms with van der Waals surface area (Å²) in [5.41, 5.74) is 1.43. The Morgan fingerprint density at radius 3 is 2.75 bits per heavy atom.